The fourth-order valence-electron chi connectivity index (χ4n) is 2.56. The Hall–Kier alpha value is -2.44. The van der Waals surface area contributed by atoms with Crippen molar-refractivity contribution in [3.63, 3.8) is 0 Å². The number of fused-ring (bicyclic) bond motifs is 1. The van der Waals surface area contributed by atoms with Crippen molar-refractivity contribution in [2.75, 3.05) is 23.6 Å². The summed E-state index contributed by atoms with van der Waals surface area (Å²) in [6, 6.07) is 10.0. The first-order valence-electron chi connectivity index (χ1n) is 7.86. The normalized spacial score (nSPS) is 12.0. The van der Waals surface area contributed by atoms with Gasteiger partial charge in [0.2, 0.25) is 18.6 Å². The van der Waals surface area contributed by atoms with Crippen molar-refractivity contribution in [1.82, 2.24) is 0 Å². The number of carbonyl (C=O) groups excluding carboxylic acids is 2. The second-order valence-electron chi connectivity index (χ2n) is 5.63. The molecule has 0 saturated heterocycles. The van der Waals surface area contributed by atoms with Crippen LogP contribution in [0.15, 0.2) is 36.4 Å². The lowest BCUT2D eigenvalue weighted by molar-refractivity contribution is -0.117. The van der Waals surface area contributed by atoms with Gasteiger partial charge in [-0.2, -0.15) is 0 Å². The summed E-state index contributed by atoms with van der Waals surface area (Å²) in [6.45, 7) is 1.77. The Morgan fingerprint density at radius 1 is 1.12 bits per heavy atom. The van der Waals surface area contributed by atoms with Gasteiger partial charge in [0.25, 0.3) is 0 Å². The molecule has 0 spiro atoms. The van der Waals surface area contributed by atoms with Crippen molar-refractivity contribution < 1.29 is 19.1 Å². The van der Waals surface area contributed by atoms with Crippen LogP contribution < -0.4 is 19.7 Å². The van der Waals surface area contributed by atoms with Crippen LogP contribution in [0.2, 0.25) is 10.0 Å². The molecular formula is C18H16Cl2N2O4. The molecule has 0 aromatic heterocycles. The second kappa shape index (κ2) is 7.85. The highest BCUT2D eigenvalue weighted by molar-refractivity contribution is 6.36. The summed E-state index contributed by atoms with van der Waals surface area (Å²) in [5, 5.41) is 3.60. The summed E-state index contributed by atoms with van der Waals surface area (Å²) in [5.74, 6) is 0.773. The number of hydrogen-bond donors (Lipinski definition) is 1. The zero-order valence-corrected chi connectivity index (χ0v) is 15.4. The van der Waals surface area contributed by atoms with Gasteiger partial charge in [0, 0.05) is 36.7 Å². The first-order chi connectivity index (χ1) is 12.4. The van der Waals surface area contributed by atoms with E-state index >= 15 is 0 Å². The molecule has 0 saturated carbocycles. The van der Waals surface area contributed by atoms with Gasteiger partial charge in [0.05, 0.1) is 10.7 Å². The molecule has 26 heavy (non-hydrogen) atoms. The molecule has 2 amide bonds. The molecule has 0 unspecified atom stereocenters. The third-order valence-electron chi connectivity index (χ3n) is 3.80. The average Bonchev–Trinajstić information content (AvgIpc) is 3.04. The molecule has 0 fully saturated rings. The number of nitrogens with zero attached hydrogens (tertiary/aromatic N) is 1. The SMILES string of the molecule is CC(=O)N(CCC(=O)Nc1ccc2c(c1)OCO2)c1ccc(Cl)cc1Cl. The predicted molar refractivity (Wildman–Crippen MR) is 100 cm³/mol. The molecule has 136 valence electrons. The Balaban J connectivity index is 1.64. The van der Waals surface area contributed by atoms with E-state index in [9.17, 15) is 9.59 Å². The van der Waals surface area contributed by atoms with Gasteiger partial charge >= 0.3 is 0 Å². The van der Waals surface area contributed by atoms with Gasteiger partial charge in [-0.25, -0.2) is 0 Å². The van der Waals surface area contributed by atoms with Crippen LogP contribution in [-0.4, -0.2) is 25.2 Å². The maximum atomic E-state index is 12.2. The molecule has 3 rings (SSSR count). The van der Waals surface area contributed by atoms with Gasteiger partial charge in [-0.1, -0.05) is 23.2 Å². The first kappa shape index (κ1) is 18.4. The summed E-state index contributed by atoms with van der Waals surface area (Å²) < 4.78 is 10.5. The molecular weight excluding hydrogens is 379 g/mol. The smallest absolute Gasteiger partial charge is 0.231 e. The molecule has 1 N–H and O–H groups in total. The largest absolute Gasteiger partial charge is 0.454 e. The number of benzene rings is 2. The number of ether oxygens (including phenoxy) is 2. The fraction of sp³-hybridized carbons (Fsp3) is 0.222. The van der Waals surface area contributed by atoms with Crippen LogP contribution >= 0.6 is 23.2 Å². The molecule has 0 bridgehead atoms. The highest BCUT2D eigenvalue weighted by atomic mass is 35.5. The fourth-order valence-corrected chi connectivity index (χ4v) is 3.07. The maximum absolute atomic E-state index is 12.2. The van der Waals surface area contributed by atoms with Crippen molar-refractivity contribution in [3.05, 3.63) is 46.4 Å². The number of amides is 2. The lowest BCUT2D eigenvalue weighted by Gasteiger charge is -2.22. The number of carbonyl (C=O) groups is 2. The van der Waals surface area contributed by atoms with E-state index < -0.39 is 0 Å². The summed E-state index contributed by atoms with van der Waals surface area (Å²) in [4.78, 5) is 25.6. The summed E-state index contributed by atoms with van der Waals surface area (Å²) in [5.41, 5.74) is 1.11. The van der Waals surface area contributed by atoms with Gasteiger partial charge in [0.15, 0.2) is 11.5 Å². The van der Waals surface area contributed by atoms with E-state index in [1.807, 2.05) is 0 Å². The topological polar surface area (TPSA) is 67.9 Å². The van der Waals surface area contributed by atoms with Crippen LogP contribution in [0.25, 0.3) is 0 Å². The standard InChI is InChI=1S/C18H16Cl2N2O4/c1-11(23)22(15-4-2-12(19)8-14(15)20)7-6-18(24)21-13-3-5-16-17(9-13)26-10-25-16/h2-5,8-9H,6-7,10H2,1H3,(H,21,24). The van der Waals surface area contributed by atoms with Gasteiger partial charge < -0.3 is 19.7 Å². The molecule has 2 aromatic rings. The summed E-state index contributed by atoms with van der Waals surface area (Å²) >= 11 is 12.1. The Bertz CT molecular complexity index is 857. The number of anilines is 2. The molecule has 1 aliphatic rings. The lowest BCUT2D eigenvalue weighted by atomic mass is 10.2. The number of rotatable bonds is 5. The highest BCUT2D eigenvalue weighted by Crippen LogP contribution is 2.34. The maximum Gasteiger partial charge on any atom is 0.231 e. The molecule has 0 radical (unpaired) electrons. The van der Waals surface area contributed by atoms with E-state index in [-0.39, 0.29) is 31.6 Å². The Morgan fingerprint density at radius 2 is 1.88 bits per heavy atom. The average molecular weight is 395 g/mol. The molecule has 6 nitrogen and oxygen atoms in total. The van der Waals surface area contributed by atoms with Crippen LogP contribution in [0.1, 0.15) is 13.3 Å². The lowest BCUT2D eigenvalue weighted by Crippen LogP contribution is -2.32. The van der Waals surface area contributed by atoms with Gasteiger partial charge in [-0.3, -0.25) is 9.59 Å². The van der Waals surface area contributed by atoms with Gasteiger partial charge in [-0.05, 0) is 30.3 Å². The Kier molecular flexibility index (Phi) is 5.54. The van der Waals surface area contributed by atoms with Crippen molar-refractivity contribution in [1.29, 1.82) is 0 Å². The number of nitrogens with one attached hydrogen (secondary N) is 1. The van der Waals surface area contributed by atoms with Gasteiger partial charge in [0.1, 0.15) is 0 Å². The van der Waals surface area contributed by atoms with Crippen LogP contribution in [0.4, 0.5) is 11.4 Å². The molecule has 0 atom stereocenters. The van der Waals surface area contributed by atoms with Crippen molar-refractivity contribution in [2.45, 2.75) is 13.3 Å². The summed E-state index contributed by atoms with van der Waals surface area (Å²) in [6.07, 6.45) is 0.104. The van der Waals surface area contributed by atoms with E-state index in [2.05, 4.69) is 5.32 Å². The van der Waals surface area contributed by atoms with E-state index in [0.717, 1.165) is 0 Å². The van der Waals surface area contributed by atoms with Crippen molar-refractivity contribution in [3.8, 4) is 11.5 Å². The third-order valence-corrected chi connectivity index (χ3v) is 4.34. The second-order valence-corrected chi connectivity index (χ2v) is 6.48. The van der Waals surface area contributed by atoms with E-state index in [4.69, 9.17) is 32.7 Å². The van der Waals surface area contributed by atoms with Crippen molar-refractivity contribution >= 4 is 46.4 Å². The van der Waals surface area contributed by atoms with E-state index in [1.54, 1.807) is 36.4 Å². The van der Waals surface area contributed by atoms with E-state index in [1.165, 1.54) is 11.8 Å². The van der Waals surface area contributed by atoms with Crippen LogP contribution in [-0.2, 0) is 9.59 Å². The van der Waals surface area contributed by atoms with E-state index in [0.29, 0.717) is 32.9 Å². The summed E-state index contributed by atoms with van der Waals surface area (Å²) in [7, 11) is 0. The zero-order valence-electron chi connectivity index (χ0n) is 13.9. The van der Waals surface area contributed by atoms with Crippen LogP contribution in [0.5, 0.6) is 11.5 Å². The number of hydrogen-bond acceptors (Lipinski definition) is 4. The zero-order chi connectivity index (χ0) is 18.7. The predicted octanol–water partition coefficient (Wildman–Crippen LogP) is 4.10. The first-order valence-corrected chi connectivity index (χ1v) is 8.62. The minimum atomic E-state index is -0.236. The monoisotopic (exact) mass is 394 g/mol. The molecule has 2 aromatic carbocycles. The highest BCUT2D eigenvalue weighted by Gasteiger charge is 2.18. The molecule has 8 heteroatoms. The quantitative estimate of drug-likeness (QED) is 0.828. The molecule has 0 aliphatic carbocycles. The minimum Gasteiger partial charge on any atom is -0.454 e. The van der Waals surface area contributed by atoms with Crippen LogP contribution in [0, 0.1) is 0 Å². The van der Waals surface area contributed by atoms with Crippen molar-refractivity contribution in [2.24, 2.45) is 0 Å². The molecule has 1 heterocycles. The van der Waals surface area contributed by atoms with Crippen LogP contribution in [0.3, 0.4) is 0 Å². The molecule has 1 aliphatic heterocycles. The minimum absolute atomic E-state index is 0.104. The number of halogens is 2. The Morgan fingerprint density at radius 3 is 2.62 bits per heavy atom. The van der Waals surface area contributed by atoms with Gasteiger partial charge in [-0.15, -0.1) is 0 Å². The third kappa shape index (κ3) is 4.20. The Labute approximate surface area is 160 Å².